The number of aryl methyl sites for hydroxylation is 2. The Morgan fingerprint density at radius 2 is 2.21 bits per heavy atom. The average molecular weight is 269 g/mol. The Labute approximate surface area is 111 Å². The number of aromatic nitrogens is 2. The highest BCUT2D eigenvalue weighted by Crippen LogP contribution is 2.03. The van der Waals surface area contributed by atoms with Crippen LogP contribution in [0.5, 0.6) is 0 Å². The molecule has 7 nitrogen and oxygen atoms in total. The summed E-state index contributed by atoms with van der Waals surface area (Å²) < 4.78 is 4.92. The van der Waals surface area contributed by atoms with Crippen molar-refractivity contribution in [1.82, 2.24) is 15.5 Å². The summed E-state index contributed by atoms with van der Waals surface area (Å²) in [6, 6.07) is -0.803. The van der Waals surface area contributed by atoms with Crippen molar-refractivity contribution in [1.29, 1.82) is 0 Å². The predicted molar refractivity (Wildman–Crippen MR) is 66.4 cm³/mol. The summed E-state index contributed by atoms with van der Waals surface area (Å²) in [7, 11) is 0. The van der Waals surface area contributed by atoms with Crippen LogP contribution in [-0.2, 0) is 16.0 Å². The molecule has 1 unspecified atom stereocenters. The smallest absolute Gasteiger partial charge is 0.326 e. The zero-order valence-electron chi connectivity index (χ0n) is 11.2. The lowest BCUT2D eigenvalue weighted by Crippen LogP contribution is -2.40. The lowest BCUT2D eigenvalue weighted by Gasteiger charge is -2.13. The minimum Gasteiger partial charge on any atom is -0.480 e. The van der Waals surface area contributed by atoms with E-state index >= 15 is 0 Å². The van der Waals surface area contributed by atoms with Crippen molar-refractivity contribution in [2.75, 3.05) is 0 Å². The van der Waals surface area contributed by atoms with Crippen LogP contribution in [0.1, 0.15) is 44.3 Å². The number of hydrogen-bond donors (Lipinski definition) is 2. The molecule has 0 aliphatic carbocycles. The van der Waals surface area contributed by atoms with E-state index in [2.05, 4.69) is 15.5 Å². The molecule has 0 fully saturated rings. The standard InChI is InChI=1S/C12H19N3O4/c1-3-5-9(12(17)18)14-10(16)6-4-7-11-13-8(2)15-19-11/h9H,3-7H2,1-2H3,(H,14,16)(H,17,18). The minimum absolute atomic E-state index is 0.245. The van der Waals surface area contributed by atoms with E-state index < -0.39 is 12.0 Å². The number of carbonyl (C=O) groups is 2. The van der Waals surface area contributed by atoms with Gasteiger partial charge < -0.3 is 14.9 Å². The van der Waals surface area contributed by atoms with Crippen molar-refractivity contribution in [3.63, 3.8) is 0 Å². The Morgan fingerprint density at radius 1 is 1.47 bits per heavy atom. The van der Waals surface area contributed by atoms with Crippen LogP contribution in [0, 0.1) is 6.92 Å². The van der Waals surface area contributed by atoms with Gasteiger partial charge in [0.05, 0.1) is 0 Å². The van der Waals surface area contributed by atoms with Gasteiger partial charge in [-0.05, 0) is 19.8 Å². The number of nitrogens with one attached hydrogen (secondary N) is 1. The van der Waals surface area contributed by atoms with Gasteiger partial charge in [-0.15, -0.1) is 0 Å². The molecule has 0 radical (unpaired) electrons. The SMILES string of the molecule is CCCC(NC(=O)CCCc1nc(C)no1)C(=O)O. The molecule has 1 aromatic rings. The van der Waals surface area contributed by atoms with Crippen LogP contribution in [0.3, 0.4) is 0 Å². The lowest BCUT2D eigenvalue weighted by atomic mass is 10.1. The zero-order valence-corrected chi connectivity index (χ0v) is 11.2. The van der Waals surface area contributed by atoms with Gasteiger partial charge in [0.15, 0.2) is 5.82 Å². The third-order valence-electron chi connectivity index (χ3n) is 2.57. The maximum Gasteiger partial charge on any atom is 0.326 e. The number of nitrogens with zero attached hydrogens (tertiary/aromatic N) is 2. The van der Waals surface area contributed by atoms with Crippen molar-refractivity contribution in [2.24, 2.45) is 0 Å². The second kappa shape index (κ2) is 7.50. The van der Waals surface area contributed by atoms with E-state index in [4.69, 9.17) is 9.63 Å². The van der Waals surface area contributed by atoms with Crippen LogP contribution in [0.15, 0.2) is 4.52 Å². The fourth-order valence-corrected chi connectivity index (χ4v) is 1.65. The van der Waals surface area contributed by atoms with Crippen LogP contribution in [0.4, 0.5) is 0 Å². The van der Waals surface area contributed by atoms with Crippen LogP contribution >= 0.6 is 0 Å². The summed E-state index contributed by atoms with van der Waals surface area (Å²) >= 11 is 0. The molecule has 0 aromatic carbocycles. The van der Waals surface area contributed by atoms with Crippen LogP contribution in [-0.4, -0.2) is 33.2 Å². The predicted octanol–water partition coefficient (Wildman–Crippen LogP) is 1.07. The fourth-order valence-electron chi connectivity index (χ4n) is 1.65. The molecule has 2 N–H and O–H groups in total. The number of hydrogen-bond acceptors (Lipinski definition) is 5. The largest absolute Gasteiger partial charge is 0.480 e. The molecule has 1 amide bonds. The maximum atomic E-state index is 11.6. The molecule has 1 atom stereocenters. The minimum atomic E-state index is -0.997. The highest BCUT2D eigenvalue weighted by molar-refractivity contribution is 5.83. The molecule has 0 bridgehead atoms. The van der Waals surface area contributed by atoms with Crippen LogP contribution in [0.2, 0.25) is 0 Å². The van der Waals surface area contributed by atoms with Gasteiger partial charge in [0.1, 0.15) is 6.04 Å². The van der Waals surface area contributed by atoms with E-state index in [1.807, 2.05) is 6.92 Å². The Balaban J connectivity index is 2.28. The molecule has 0 saturated carbocycles. The molecular weight excluding hydrogens is 250 g/mol. The highest BCUT2D eigenvalue weighted by Gasteiger charge is 2.18. The van der Waals surface area contributed by atoms with Gasteiger partial charge in [-0.1, -0.05) is 18.5 Å². The summed E-state index contributed by atoms with van der Waals surface area (Å²) in [5, 5.41) is 15.1. The number of carboxylic acid groups (broad SMARTS) is 1. The summed E-state index contributed by atoms with van der Waals surface area (Å²) in [6.45, 7) is 3.60. The summed E-state index contributed by atoms with van der Waals surface area (Å²) in [5.41, 5.74) is 0. The summed E-state index contributed by atoms with van der Waals surface area (Å²) in [4.78, 5) is 26.5. The monoisotopic (exact) mass is 269 g/mol. The molecule has 19 heavy (non-hydrogen) atoms. The maximum absolute atomic E-state index is 11.6. The Kier molecular flexibility index (Phi) is 5.98. The summed E-state index contributed by atoms with van der Waals surface area (Å²) in [5.74, 6) is -0.207. The molecule has 106 valence electrons. The van der Waals surface area contributed by atoms with Gasteiger partial charge in [0.2, 0.25) is 11.8 Å². The first kappa shape index (κ1) is 15.1. The third-order valence-corrected chi connectivity index (χ3v) is 2.57. The van der Waals surface area contributed by atoms with E-state index in [0.29, 0.717) is 37.4 Å². The molecule has 0 saturated heterocycles. The van der Waals surface area contributed by atoms with Crippen molar-refractivity contribution in [2.45, 2.75) is 52.0 Å². The highest BCUT2D eigenvalue weighted by atomic mass is 16.5. The normalized spacial score (nSPS) is 12.1. The molecule has 1 aromatic heterocycles. The number of aliphatic carboxylic acids is 1. The topological polar surface area (TPSA) is 105 Å². The zero-order chi connectivity index (χ0) is 14.3. The second-order valence-corrected chi connectivity index (χ2v) is 4.34. The number of carbonyl (C=O) groups excluding carboxylic acids is 1. The van der Waals surface area contributed by atoms with E-state index in [0.717, 1.165) is 0 Å². The Bertz CT molecular complexity index is 430. The summed E-state index contributed by atoms with van der Waals surface area (Å²) in [6.07, 6.45) is 2.45. The second-order valence-electron chi connectivity index (χ2n) is 4.34. The third kappa shape index (κ3) is 5.50. The van der Waals surface area contributed by atoms with Gasteiger partial charge in [0, 0.05) is 12.8 Å². The molecule has 0 aliphatic heterocycles. The van der Waals surface area contributed by atoms with E-state index in [1.165, 1.54) is 0 Å². The fraction of sp³-hybridized carbons (Fsp3) is 0.667. The van der Waals surface area contributed by atoms with Gasteiger partial charge in [-0.2, -0.15) is 4.98 Å². The number of rotatable bonds is 8. The van der Waals surface area contributed by atoms with Crippen LogP contribution in [0.25, 0.3) is 0 Å². The van der Waals surface area contributed by atoms with Crippen molar-refractivity contribution in [3.05, 3.63) is 11.7 Å². The molecule has 7 heteroatoms. The molecule has 1 rings (SSSR count). The van der Waals surface area contributed by atoms with Gasteiger partial charge in [-0.3, -0.25) is 4.79 Å². The van der Waals surface area contributed by atoms with E-state index in [-0.39, 0.29) is 12.3 Å². The quantitative estimate of drug-likeness (QED) is 0.731. The van der Waals surface area contributed by atoms with Gasteiger partial charge in [-0.25, -0.2) is 4.79 Å². The number of carboxylic acids is 1. The molecule has 1 heterocycles. The molecule has 0 spiro atoms. The van der Waals surface area contributed by atoms with Crippen LogP contribution < -0.4 is 5.32 Å². The molecule has 0 aliphatic rings. The van der Waals surface area contributed by atoms with E-state index in [9.17, 15) is 9.59 Å². The first-order valence-electron chi connectivity index (χ1n) is 6.34. The molecular formula is C12H19N3O4. The Hall–Kier alpha value is -1.92. The first-order chi connectivity index (χ1) is 9.02. The van der Waals surface area contributed by atoms with Crippen molar-refractivity contribution >= 4 is 11.9 Å². The number of amides is 1. The Morgan fingerprint density at radius 3 is 2.74 bits per heavy atom. The first-order valence-corrected chi connectivity index (χ1v) is 6.34. The van der Waals surface area contributed by atoms with E-state index in [1.54, 1.807) is 6.92 Å². The van der Waals surface area contributed by atoms with Crippen molar-refractivity contribution in [3.8, 4) is 0 Å². The van der Waals surface area contributed by atoms with Gasteiger partial charge >= 0.3 is 5.97 Å². The average Bonchev–Trinajstić information content (AvgIpc) is 2.74. The van der Waals surface area contributed by atoms with Crippen molar-refractivity contribution < 1.29 is 19.2 Å². The lowest BCUT2D eigenvalue weighted by molar-refractivity contribution is -0.142. The van der Waals surface area contributed by atoms with Gasteiger partial charge in [0.25, 0.3) is 0 Å².